The maximum atomic E-state index is 11.9. The molecule has 0 atom stereocenters. The van der Waals surface area contributed by atoms with E-state index >= 15 is 0 Å². The summed E-state index contributed by atoms with van der Waals surface area (Å²) in [6.07, 6.45) is 1.31. The molecule has 0 saturated carbocycles. The van der Waals surface area contributed by atoms with Gasteiger partial charge in [0.15, 0.2) is 11.5 Å². The van der Waals surface area contributed by atoms with Crippen molar-refractivity contribution < 1.29 is 19.2 Å². The van der Waals surface area contributed by atoms with Crippen LogP contribution in [0.25, 0.3) is 0 Å². The van der Waals surface area contributed by atoms with E-state index in [1.807, 2.05) is 0 Å². The van der Waals surface area contributed by atoms with Gasteiger partial charge in [0.05, 0.1) is 5.56 Å². The predicted octanol–water partition coefficient (Wildman–Crippen LogP) is 1.33. The smallest absolute Gasteiger partial charge is 0.355 e. The van der Waals surface area contributed by atoms with Crippen LogP contribution in [0.5, 0.6) is 0 Å². The highest BCUT2D eigenvalue weighted by molar-refractivity contribution is 6.09. The monoisotopic (exact) mass is 247 g/mol. The van der Waals surface area contributed by atoms with Crippen LogP contribution < -0.4 is 5.32 Å². The Labute approximate surface area is 101 Å². The third-order valence-electron chi connectivity index (χ3n) is 2.12. The Morgan fingerprint density at radius 1 is 1.44 bits per heavy atom. The quantitative estimate of drug-likeness (QED) is 0.847. The Morgan fingerprint density at radius 3 is 2.83 bits per heavy atom. The minimum absolute atomic E-state index is 0.0364. The number of hydrogen-bond donors (Lipinski definition) is 2. The highest BCUT2D eigenvalue weighted by Crippen LogP contribution is 2.11. The van der Waals surface area contributed by atoms with E-state index in [-0.39, 0.29) is 17.1 Å². The number of carboxylic acid groups (broad SMARTS) is 1. The van der Waals surface area contributed by atoms with Crippen LogP contribution >= 0.6 is 0 Å². The molecular weight excluding hydrogens is 238 g/mol. The lowest BCUT2D eigenvalue weighted by Crippen LogP contribution is -2.17. The number of aromatic nitrogens is 2. The van der Waals surface area contributed by atoms with Crippen LogP contribution in [0, 0.1) is 6.92 Å². The van der Waals surface area contributed by atoms with E-state index in [1.165, 1.54) is 24.4 Å². The first kappa shape index (κ1) is 11.8. The molecule has 7 nitrogen and oxygen atoms in total. The fourth-order valence-electron chi connectivity index (χ4n) is 1.37. The molecule has 2 aromatic rings. The summed E-state index contributed by atoms with van der Waals surface area (Å²) in [6, 6.07) is 4.38. The van der Waals surface area contributed by atoms with Crippen molar-refractivity contribution in [1.29, 1.82) is 0 Å². The zero-order chi connectivity index (χ0) is 13.1. The van der Waals surface area contributed by atoms with E-state index in [2.05, 4.69) is 15.5 Å². The normalized spacial score (nSPS) is 10.1. The van der Waals surface area contributed by atoms with Gasteiger partial charge in [-0.15, -0.1) is 0 Å². The minimum Gasteiger partial charge on any atom is -0.476 e. The van der Waals surface area contributed by atoms with Gasteiger partial charge in [-0.3, -0.25) is 4.79 Å². The lowest BCUT2D eigenvalue weighted by Gasteiger charge is -2.03. The molecule has 0 aliphatic carbocycles. The van der Waals surface area contributed by atoms with Crippen LogP contribution in [0.3, 0.4) is 0 Å². The van der Waals surface area contributed by atoms with Crippen molar-refractivity contribution in [2.24, 2.45) is 0 Å². The van der Waals surface area contributed by atoms with Gasteiger partial charge in [0.1, 0.15) is 5.76 Å². The number of carboxylic acids is 1. The minimum atomic E-state index is -1.27. The van der Waals surface area contributed by atoms with Crippen molar-refractivity contribution in [3.8, 4) is 0 Å². The fraction of sp³-hybridized carbons (Fsp3) is 0.0909. The van der Waals surface area contributed by atoms with Crippen LogP contribution in [0.2, 0.25) is 0 Å². The molecule has 0 fully saturated rings. The number of nitrogens with zero attached hydrogens (tertiary/aromatic N) is 2. The Bertz CT molecular complexity index is 606. The zero-order valence-electron chi connectivity index (χ0n) is 9.38. The van der Waals surface area contributed by atoms with E-state index in [4.69, 9.17) is 9.63 Å². The summed E-state index contributed by atoms with van der Waals surface area (Å²) in [5.41, 5.74) is -0.346. The Kier molecular flexibility index (Phi) is 3.05. The summed E-state index contributed by atoms with van der Waals surface area (Å²) in [4.78, 5) is 26.4. The molecule has 0 unspecified atom stereocenters. The molecule has 0 spiro atoms. The Balaban J connectivity index is 2.26. The van der Waals surface area contributed by atoms with Crippen LogP contribution in [-0.2, 0) is 0 Å². The average molecular weight is 247 g/mol. The maximum absolute atomic E-state index is 11.9. The summed E-state index contributed by atoms with van der Waals surface area (Å²) < 4.78 is 4.78. The second-order valence-corrected chi connectivity index (χ2v) is 3.48. The molecule has 2 rings (SSSR count). The molecule has 0 saturated heterocycles. The summed E-state index contributed by atoms with van der Waals surface area (Å²) >= 11 is 0. The number of rotatable bonds is 3. The standard InChI is InChI=1S/C11H9N3O4/c1-6-5-8(14-18-6)13-10(15)7-3-2-4-12-9(7)11(16)17/h2-5H,1H3,(H,16,17)(H,13,14,15). The Hall–Kier alpha value is -2.70. The van der Waals surface area contributed by atoms with E-state index in [1.54, 1.807) is 6.92 Å². The van der Waals surface area contributed by atoms with Gasteiger partial charge in [-0.05, 0) is 19.1 Å². The van der Waals surface area contributed by atoms with Gasteiger partial charge in [-0.2, -0.15) is 0 Å². The first-order chi connectivity index (χ1) is 8.58. The van der Waals surface area contributed by atoms with Crippen molar-refractivity contribution >= 4 is 17.7 Å². The highest BCUT2D eigenvalue weighted by Gasteiger charge is 2.18. The van der Waals surface area contributed by atoms with Crippen molar-refractivity contribution in [2.45, 2.75) is 6.92 Å². The third-order valence-corrected chi connectivity index (χ3v) is 2.12. The molecule has 0 aliphatic heterocycles. The fourth-order valence-corrected chi connectivity index (χ4v) is 1.37. The number of amides is 1. The topological polar surface area (TPSA) is 105 Å². The van der Waals surface area contributed by atoms with Crippen LogP contribution in [0.15, 0.2) is 28.9 Å². The van der Waals surface area contributed by atoms with Gasteiger partial charge >= 0.3 is 5.97 Å². The molecule has 7 heteroatoms. The number of hydrogen-bond acceptors (Lipinski definition) is 5. The number of anilines is 1. The van der Waals surface area contributed by atoms with Crippen LogP contribution in [0.1, 0.15) is 26.6 Å². The molecule has 0 radical (unpaired) electrons. The first-order valence-electron chi connectivity index (χ1n) is 5.01. The van der Waals surface area contributed by atoms with Gasteiger partial charge in [-0.25, -0.2) is 9.78 Å². The second-order valence-electron chi connectivity index (χ2n) is 3.48. The van der Waals surface area contributed by atoms with Gasteiger partial charge in [-0.1, -0.05) is 5.16 Å². The number of aryl methyl sites for hydroxylation is 1. The van der Waals surface area contributed by atoms with E-state index in [0.717, 1.165) is 0 Å². The SMILES string of the molecule is Cc1cc(NC(=O)c2cccnc2C(=O)O)no1. The molecule has 18 heavy (non-hydrogen) atoms. The number of carbonyl (C=O) groups excluding carboxylic acids is 1. The molecule has 92 valence electrons. The zero-order valence-corrected chi connectivity index (χ0v) is 9.38. The summed E-state index contributed by atoms with van der Waals surface area (Å²) in [5, 5.41) is 14.9. The van der Waals surface area contributed by atoms with Crippen molar-refractivity contribution in [2.75, 3.05) is 5.32 Å². The molecule has 2 aromatic heterocycles. The molecule has 0 aliphatic rings. The molecular formula is C11H9N3O4. The largest absolute Gasteiger partial charge is 0.476 e. The predicted molar refractivity (Wildman–Crippen MR) is 60.4 cm³/mol. The number of nitrogens with one attached hydrogen (secondary N) is 1. The summed E-state index contributed by atoms with van der Waals surface area (Å²) in [5.74, 6) is -1.11. The molecule has 0 bridgehead atoms. The average Bonchev–Trinajstić information content (AvgIpc) is 2.74. The maximum Gasteiger partial charge on any atom is 0.355 e. The lowest BCUT2D eigenvalue weighted by atomic mass is 10.2. The van der Waals surface area contributed by atoms with E-state index < -0.39 is 11.9 Å². The van der Waals surface area contributed by atoms with Crippen molar-refractivity contribution in [3.05, 3.63) is 41.4 Å². The van der Waals surface area contributed by atoms with Gasteiger partial charge in [0.2, 0.25) is 0 Å². The van der Waals surface area contributed by atoms with Crippen LogP contribution in [-0.4, -0.2) is 27.1 Å². The molecule has 0 aromatic carbocycles. The highest BCUT2D eigenvalue weighted by atomic mass is 16.5. The third kappa shape index (κ3) is 2.34. The molecule has 1 amide bonds. The first-order valence-corrected chi connectivity index (χ1v) is 5.01. The van der Waals surface area contributed by atoms with Crippen LogP contribution in [0.4, 0.5) is 5.82 Å². The van der Waals surface area contributed by atoms with Gasteiger partial charge < -0.3 is 14.9 Å². The molecule has 2 heterocycles. The second kappa shape index (κ2) is 4.66. The number of aromatic carboxylic acids is 1. The Morgan fingerprint density at radius 2 is 2.22 bits per heavy atom. The van der Waals surface area contributed by atoms with E-state index in [9.17, 15) is 9.59 Å². The van der Waals surface area contributed by atoms with Gasteiger partial charge in [0, 0.05) is 12.3 Å². The summed E-state index contributed by atoms with van der Waals surface area (Å²) in [6.45, 7) is 1.68. The van der Waals surface area contributed by atoms with E-state index in [0.29, 0.717) is 5.76 Å². The number of pyridine rings is 1. The van der Waals surface area contributed by atoms with Crippen molar-refractivity contribution in [1.82, 2.24) is 10.1 Å². The lowest BCUT2D eigenvalue weighted by molar-refractivity contribution is 0.0686. The number of carbonyl (C=O) groups is 2. The van der Waals surface area contributed by atoms with Gasteiger partial charge in [0.25, 0.3) is 5.91 Å². The molecule has 2 N–H and O–H groups in total. The summed E-state index contributed by atoms with van der Waals surface area (Å²) in [7, 11) is 0. The van der Waals surface area contributed by atoms with Crippen molar-refractivity contribution in [3.63, 3.8) is 0 Å².